The maximum atomic E-state index is 14.2. The molecule has 0 bridgehead atoms. The van der Waals surface area contributed by atoms with E-state index in [4.69, 9.17) is 14.6 Å². The minimum Gasteiger partial charge on any atom is -0.484 e. The third-order valence-electron chi connectivity index (χ3n) is 7.87. The summed E-state index contributed by atoms with van der Waals surface area (Å²) >= 11 is 1.32. The van der Waals surface area contributed by atoms with Crippen LogP contribution in [0.5, 0.6) is 5.75 Å². The van der Waals surface area contributed by atoms with Crippen molar-refractivity contribution in [3.63, 3.8) is 0 Å². The van der Waals surface area contributed by atoms with Crippen LogP contribution in [0.4, 0.5) is 10.3 Å². The Bertz CT molecular complexity index is 1460. The van der Waals surface area contributed by atoms with Gasteiger partial charge in [0.2, 0.25) is 11.1 Å². The van der Waals surface area contributed by atoms with Gasteiger partial charge in [-0.15, -0.1) is 5.10 Å². The van der Waals surface area contributed by atoms with E-state index in [1.54, 1.807) is 39.9 Å². The van der Waals surface area contributed by atoms with Crippen LogP contribution in [0.2, 0.25) is 0 Å². The summed E-state index contributed by atoms with van der Waals surface area (Å²) in [5, 5.41) is 8.44. The van der Waals surface area contributed by atoms with Crippen LogP contribution in [-0.4, -0.2) is 57.3 Å². The zero-order valence-corrected chi connectivity index (χ0v) is 25.7. The molecule has 1 atom stereocenters. The second-order valence-corrected chi connectivity index (χ2v) is 11.6. The lowest BCUT2D eigenvalue weighted by Gasteiger charge is -2.30. The highest BCUT2D eigenvalue weighted by Crippen LogP contribution is 2.38. The number of rotatable bonds is 11. The summed E-state index contributed by atoms with van der Waals surface area (Å²) in [6.07, 6.45) is 4.87. The van der Waals surface area contributed by atoms with Crippen LogP contribution in [-0.2, 0) is 20.1 Å². The van der Waals surface area contributed by atoms with Gasteiger partial charge in [-0.05, 0) is 75.8 Å². The highest BCUT2D eigenvalue weighted by atomic mass is 32.2. The van der Waals surface area contributed by atoms with E-state index >= 15 is 0 Å². The Balaban J connectivity index is 1.41. The van der Waals surface area contributed by atoms with Gasteiger partial charge in [-0.1, -0.05) is 48.5 Å². The van der Waals surface area contributed by atoms with Crippen molar-refractivity contribution in [2.24, 2.45) is 0 Å². The summed E-state index contributed by atoms with van der Waals surface area (Å²) in [5.41, 5.74) is 2.45. The Morgan fingerprint density at radius 1 is 1.07 bits per heavy atom. The summed E-state index contributed by atoms with van der Waals surface area (Å²) < 4.78 is 27.7. The lowest BCUT2D eigenvalue weighted by atomic mass is 9.95. The largest absolute Gasteiger partial charge is 0.484 e. The second-order valence-electron chi connectivity index (χ2n) is 10.7. The third-order valence-corrected chi connectivity index (χ3v) is 8.75. The van der Waals surface area contributed by atoms with Crippen molar-refractivity contribution in [3.05, 3.63) is 76.7 Å². The van der Waals surface area contributed by atoms with Crippen LogP contribution < -0.4 is 10.1 Å². The van der Waals surface area contributed by atoms with E-state index < -0.39 is 6.04 Å². The van der Waals surface area contributed by atoms with E-state index in [0.717, 1.165) is 37.7 Å². The van der Waals surface area contributed by atoms with Crippen LogP contribution in [0.15, 0.2) is 65.0 Å². The molecule has 11 heteroatoms. The number of esters is 1. The van der Waals surface area contributed by atoms with Gasteiger partial charge in [0, 0.05) is 24.5 Å². The number of carbonyl (C=O) groups excluding carboxylic acids is 2. The van der Waals surface area contributed by atoms with Gasteiger partial charge in [-0.2, -0.15) is 4.98 Å². The Morgan fingerprint density at radius 3 is 2.49 bits per heavy atom. The number of allylic oxidation sites excluding steroid dienone is 1. The Labute approximate surface area is 255 Å². The first-order valence-corrected chi connectivity index (χ1v) is 15.9. The monoisotopic (exact) mass is 607 g/mol. The fourth-order valence-corrected chi connectivity index (χ4v) is 6.30. The molecule has 1 aromatic heterocycles. The number of benzene rings is 2. The topological polar surface area (TPSA) is 98.6 Å². The number of thioether (sulfide) groups is 1. The van der Waals surface area contributed by atoms with Crippen molar-refractivity contribution in [3.8, 4) is 5.75 Å². The fraction of sp³-hybridized carbons (Fsp3) is 0.438. The van der Waals surface area contributed by atoms with Crippen LogP contribution in [0, 0.1) is 5.82 Å². The number of nitrogens with zero attached hydrogens (tertiary/aromatic N) is 4. The van der Waals surface area contributed by atoms with Crippen LogP contribution in [0.3, 0.4) is 0 Å². The van der Waals surface area contributed by atoms with Crippen molar-refractivity contribution >= 4 is 29.6 Å². The van der Waals surface area contributed by atoms with Crippen molar-refractivity contribution < 1.29 is 23.5 Å². The van der Waals surface area contributed by atoms with Gasteiger partial charge in [-0.25, -0.2) is 13.9 Å². The number of hydrogen-bond acceptors (Lipinski definition) is 8. The molecule has 1 fully saturated rings. The molecule has 43 heavy (non-hydrogen) atoms. The predicted octanol–water partition coefficient (Wildman–Crippen LogP) is 6.12. The molecular weight excluding hydrogens is 569 g/mol. The Kier molecular flexibility index (Phi) is 10.0. The lowest BCUT2D eigenvalue weighted by Crippen LogP contribution is -2.34. The Hall–Kier alpha value is -3.86. The van der Waals surface area contributed by atoms with Crippen LogP contribution in [0.25, 0.3) is 0 Å². The summed E-state index contributed by atoms with van der Waals surface area (Å²) in [6.45, 7) is 6.90. The molecule has 1 saturated carbocycles. The van der Waals surface area contributed by atoms with E-state index in [1.165, 1.54) is 17.8 Å². The molecule has 9 nitrogen and oxygen atoms in total. The number of anilines is 1. The molecule has 0 radical (unpaired) electrons. The molecule has 2 aromatic carbocycles. The van der Waals surface area contributed by atoms with E-state index in [0.29, 0.717) is 52.5 Å². The van der Waals surface area contributed by atoms with Gasteiger partial charge in [0.15, 0.2) is 6.61 Å². The molecule has 1 aliphatic heterocycles. The fourth-order valence-electron chi connectivity index (χ4n) is 5.48. The first-order valence-electron chi connectivity index (χ1n) is 14.9. The smallest absolute Gasteiger partial charge is 0.338 e. The zero-order valence-electron chi connectivity index (χ0n) is 24.8. The van der Waals surface area contributed by atoms with E-state index in [2.05, 4.69) is 10.3 Å². The molecule has 1 amide bonds. The number of amides is 1. The van der Waals surface area contributed by atoms with Crippen molar-refractivity contribution in [2.75, 3.05) is 25.0 Å². The van der Waals surface area contributed by atoms with Gasteiger partial charge >= 0.3 is 5.97 Å². The number of halogens is 1. The maximum Gasteiger partial charge on any atom is 0.338 e. The van der Waals surface area contributed by atoms with Gasteiger partial charge in [-0.3, -0.25) is 4.79 Å². The molecule has 228 valence electrons. The second kappa shape index (κ2) is 14.1. The number of fused-ring (bicyclic) bond motifs is 1. The van der Waals surface area contributed by atoms with Crippen molar-refractivity contribution in [1.82, 2.24) is 19.7 Å². The molecule has 0 saturated heterocycles. The van der Waals surface area contributed by atoms with E-state index in [-0.39, 0.29) is 30.4 Å². The number of nitrogens with one attached hydrogen (secondary N) is 1. The molecule has 2 aliphatic rings. The summed E-state index contributed by atoms with van der Waals surface area (Å²) in [7, 11) is 0. The zero-order chi connectivity index (χ0) is 30.3. The van der Waals surface area contributed by atoms with Gasteiger partial charge in [0.25, 0.3) is 5.91 Å². The molecule has 1 unspecified atom stereocenters. The number of hydrogen-bond donors (Lipinski definition) is 1. The van der Waals surface area contributed by atoms with Crippen LogP contribution >= 0.6 is 11.8 Å². The Morgan fingerprint density at radius 2 is 1.79 bits per heavy atom. The first kappa shape index (κ1) is 30.6. The summed E-state index contributed by atoms with van der Waals surface area (Å²) in [5.74, 6) is 0.659. The predicted molar refractivity (Wildman–Crippen MR) is 163 cm³/mol. The van der Waals surface area contributed by atoms with E-state index in [9.17, 15) is 14.0 Å². The van der Waals surface area contributed by atoms with Crippen molar-refractivity contribution in [1.29, 1.82) is 0 Å². The molecule has 2 heterocycles. The average Bonchev–Trinajstić information content (AvgIpc) is 3.42. The number of aromatic nitrogens is 3. The third kappa shape index (κ3) is 7.21. The lowest BCUT2D eigenvalue weighted by molar-refractivity contribution is -0.146. The first-order chi connectivity index (χ1) is 20.9. The molecule has 1 aliphatic carbocycles. The van der Waals surface area contributed by atoms with E-state index in [1.807, 2.05) is 32.9 Å². The average molecular weight is 608 g/mol. The molecular formula is C32H38FN5O4S. The van der Waals surface area contributed by atoms with Crippen LogP contribution in [0.1, 0.15) is 70.0 Å². The highest BCUT2D eigenvalue weighted by Gasteiger charge is 2.36. The molecule has 1 N–H and O–H groups in total. The number of likely N-dealkylation sites (N-methyl/N-ethyl adjacent to an activating group) is 1. The van der Waals surface area contributed by atoms with Crippen molar-refractivity contribution in [2.45, 2.75) is 75.9 Å². The number of carbonyl (C=O) groups is 2. The summed E-state index contributed by atoms with van der Waals surface area (Å²) in [4.78, 5) is 32.5. The van der Waals surface area contributed by atoms with Gasteiger partial charge < -0.3 is 19.7 Å². The normalized spacial score (nSPS) is 16.8. The standard InChI is InChI=1S/C32H38FN5O4S/c1-4-37(5-2)27(39)19-41-24-17-15-22(16-18-24)29-28(30(40)42-25-12-7-6-8-13-25)21(3)34-31-35-32(36-38(29)31)43-20-23-11-9-10-14-26(23)33/h9-11,14-18,25,29H,4-8,12-13,19-20H2,1-3H3,(H,34,35,36). The number of ether oxygens (including phenoxy) is 2. The highest BCUT2D eigenvalue weighted by molar-refractivity contribution is 7.98. The SMILES string of the molecule is CCN(CC)C(=O)COc1ccc(C2C(C(=O)OC3CCCCC3)=C(C)Nc3nc(SCc4ccccc4F)nn32)cc1. The summed E-state index contributed by atoms with van der Waals surface area (Å²) in [6, 6.07) is 13.3. The molecule has 0 spiro atoms. The van der Waals surface area contributed by atoms with Gasteiger partial charge in [0.05, 0.1) is 5.57 Å². The minimum absolute atomic E-state index is 0.0534. The minimum atomic E-state index is -0.603. The van der Waals surface area contributed by atoms with Gasteiger partial charge in [0.1, 0.15) is 23.7 Å². The quantitative estimate of drug-likeness (QED) is 0.206. The maximum absolute atomic E-state index is 14.2. The molecule has 3 aromatic rings. The molecule has 5 rings (SSSR count).